The summed E-state index contributed by atoms with van der Waals surface area (Å²) in [5, 5.41) is 0. The molecular weight excluding hydrogens is 279 g/mol. The van der Waals surface area contributed by atoms with Gasteiger partial charge < -0.3 is 4.74 Å². The fourth-order valence-electron chi connectivity index (χ4n) is 2.29. The molecule has 0 spiro atoms. The Labute approximate surface area is 133 Å². The summed E-state index contributed by atoms with van der Waals surface area (Å²) in [6, 6.07) is 7.87. The van der Waals surface area contributed by atoms with Gasteiger partial charge in [-0.3, -0.25) is 4.79 Å². The molecule has 0 bridgehead atoms. The molecule has 0 saturated heterocycles. The first-order chi connectivity index (χ1) is 10.6. The average Bonchev–Trinajstić information content (AvgIpc) is 2.51. The zero-order chi connectivity index (χ0) is 16.2. The highest BCUT2D eigenvalue weighted by atomic mass is 19.1. The van der Waals surface area contributed by atoms with Crippen molar-refractivity contribution in [2.24, 2.45) is 0 Å². The van der Waals surface area contributed by atoms with E-state index in [1.807, 2.05) is 31.2 Å². The Kier molecular flexibility index (Phi) is 9.20. The van der Waals surface area contributed by atoms with Crippen LogP contribution in [-0.2, 0) is 9.53 Å². The van der Waals surface area contributed by atoms with Crippen LogP contribution in [0.1, 0.15) is 62.5 Å². The fraction of sp³-hybridized carbons (Fsp3) is 0.526. The molecule has 0 radical (unpaired) electrons. The third-order valence-electron chi connectivity index (χ3n) is 3.67. The van der Waals surface area contributed by atoms with Gasteiger partial charge in [-0.1, -0.05) is 55.5 Å². The van der Waals surface area contributed by atoms with Crippen molar-refractivity contribution in [3.8, 4) is 0 Å². The molecule has 122 valence electrons. The third-order valence-corrected chi connectivity index (χ3v) is 3.67. The molecule has 0 unspecified atom stereocenters. The Balaban J connectivity index is 2.06. The number of ether oxygens (including phenoxy) is 1. The van der Waals surface area contributed by atoms with Crippen LogP contribution in [0.15, 0.2) is 30.1 Å². The van der Waals surface area contributed by atoms with Crippen LogP contribution < -0.4 is 0 Å². The predicted octanol–water partition coefficient (Wildman–Crippen LogP) is 5.60. The van der Waals surface area contributed by atoms with Crippen LogP contribution in [0.25, 0.3) is 6.08 Å². The SMILES string of the molecule is COC(=O)CCCCCCCC/C(F)=C\c1ccc(C)cc1. The summed E-state index contributed by atoms with van der Waals surface area (Å²) in [5.41, 5.74) is 2.11. The summed E-state index contributed by atoms with van der Waals surface area (Å²) in [6.07, 6.45) is 8.67. The molecular formula is C19H27FO2. The number of unbranched alkanes of at least 4 members (excludes halogenated alkanes) is 5. The van der Waals surface area contributed by atoms with Crippen LogP contribution in [-0.4, -0.2) is 13.1 Å². The highest BCUT2D eigenvalue weighted by Gasteiger charge is 2.00. The lowest BCUT2D eigenvalue weighted by Crippen LogP contribution is -1.99. The number of hydrogen-bond acceptors (Lipinski definition) is 2. The minimum absolute atomic E-state index is 0.0467. The van der Waals surface area contributed by atoms with Crippen LogP contribution in [0.4, 0.5) is 4.39 Å². The molecule has 2 nitrogen and oxygen atoms in total. The average molecular weight is 306 g/mol. The van der Waals surface area contributed by atoms with E-state index in [1.165, 1.54) is 12.7 Å². The topological polar surface area (TPSA) is 26.3 Å². The second-order valence-electron chi connectivity index (χ2n) is 5.70. The number of carbonyl (C=O) groups excluding carboxylic acids is 1. The zero-order valence-electron chi connectivity index (χ0n) is 13.7. The monoisotopic (exact) mass is 306 g/mol. The normalized spacial score (nSPS) is 11.5. The summed E-state index contributed by atoms with van der Waals surface area (Å²) < 4.78 is 18.3. The van der Waals surface area contributed by atoms with E-state index < -0.39 is 0 Å². The minimum atomic E-state index is -0.136. The minimum Gasteiger partial charge on any atom is -0.469 e. The smallest absolute Gasteiger partial charge is 0.305 e. The first-order valence-electron chi connectivity index (χ1n) is 8.11. The van der Waals surface area contributed by atoms with Crippen LogP contribution in [0.5, 0.6) is 0 Å². The number of esters is 1. The second-order valence-corrected chi connectivity index (χ2v) is 5.70. The maximum absolute atomic E-state index is 13.8. The molecule has 0 fully saturated rings. The first kappa shape index (κ1) is 18.4. The maximum atomic E-state index is 13.8. The zero-order valence-corrected chi connectivity index (χ0v) is 13.7. The molecule has 0 aliphatic heterocycles. The molecule has 0 heterocycles. The van der Waals surface area contributed by atoms with E-state index in [0.29, 0.717) is 12.8 Å². The predicted molar refractivity (Wildman–Crippen MR) is 89.2 cm³/mol. The fourth-order valence-corrected chi connectivity index (χ4v) is 2.29. The van der Waals surface area contributed by atoms with Gasteiger partial charge in [-0.05, 0) is 37.8 Å². The Hall–Kier alpha value is -1.64. The Morgan fingerprint density at radius 2 is 1.55 bits per heavy atom. The lowest BCUT2D eigenvalue weighted by atomic mass is 10.1. The van der Waals surface area contributed by atoms with Gasteiger partial charge in [-0.15, -0.1) is 0 Å². The van der Waals surface area contributed by atoms with Crippen LogP contribution in [0.3, 0.4) is 0 Å². The van der Waals surface area contributed by atoms with Crippen molar-refractivity contribution in [2.45, 2.75) is 58.3 Å². The second kappa shape index (κ2) is 11.0. The Morgan fingerprint density at radius 3 is 2.14 bits per heavy atom. The molecule has 0 aromatic heterocycles. The van der Waals surface area contributed by atoms with Crippen LogP contribution in [0, 0.1) is 6.92 Å². The molecule has 0 aliphatic rings. The van der Waals surface area contributed by atoms with Crippen molar-refractivity contribution in [2.75, 3.05) is 7.11 Å². The van der Waals surface area contributed by atoms with Crippen molar-refractivity contribution in [1.82, 2.24) is 0 Å². The molecule has 3 heteroatoms. The maximum Gasteiger partial charge on any atom is 0.305 e. The van der Waals surface area contributed by atoms with Gasteiger partial charge in [0.15, 0.2) is 0 Å². The molecule has 0 N–H and O–H groups in total. The molecule has 1 rings (SSSR count). The van der Waals surface area contributed by atoms with Crippen molar-refractivity contribution in [1.29, 1.82) is 0 Å². The van der Waals surface area contributed by atoms with Crippen molar-refractivity contribution >= 4 is 12.0 Å². The van der Waals surface area contributed by atoms with Crippen LogP contribution in [0.2, 0.25) is 0 Å². The number of benzene rings is 1. The van der Waals surface area contributed by atoms with Gasteiger partial charge in [0.25, 0.3) is 0 Å². The first-order valence-corrected chi connectivity index (χ1v) is 8.11. The van der Waals surface area contributed by atoms with E-state index >= 15 is 0 Å². The van der Waals surface area contributed by atoms with Gasteiger partial charge in [0, 0.05) is 6.42 Å². The summed E-state index contributed by atoms with van der Waals surface area (Å²) >= 11 is 0. The molecule has 1 aromatic carbocycles. The van der Waals surface area contributed by atoms with Crippen molar-refractivity contribution in [3.63, 3.8) is 0 Å². The summed E-state index contributed by atoms with van der Waals surface area (Å²) in [7, 11) is 1.42. The van der Waals surface area contributed by atoms with Gasteiger partial charge in [-0.2, -0.15) is 0 Å². The molecule has 0 saturated carbocycles. The van der Waals surface area contributed by atoms with E-state index in [0.717, 1.165) is 44.1 Å². The Morgan fingerprint density at radius 1 is 1.00 bits per heavy atom. The number of aryl methyl sites for hydroxylation is 1. The Bertz CT molecular complexity index is 463. The number of carbonyl (C=O) groups is 1. The number of methoxy groups -OCH3 is 1. The van der Waals surface area contributed by atoms with E-state index in [1.54, 1.807) is 6.08 Å². The quantitative estimate of drug-likeness (QED) is 0.415. The lowest BCUT2D eigenvalue weighted by molar-refractivity contribution is -0.140. The molecule has 0 amide bonds. The van der Waals surface area contributed by atoms with Crippen molar-refractivity contribution in [3.05, 3.63) is 41.2 Å². The summed E-state index contributed by atoms with van der Waals surface area (Å²) in [5.74, 6) is -0.183. The largest absolute Gasteiger partial charge is 0.469 e. The van der Waals surface area contributed by atoms with E-state index in [-0.39, 0.29) is 11.8 Å². The van der Waals surface area contributed by atoms with Gasteiger partial charge in [0.1, 0.15) is 5.83 Å². The van der Waals surface area contributed by atoms with E-state index in [2.05, 4.69) is 4.74 Å². The molecule has 1 aromatic rings. The third kappa shape index (κ3) is 8.60. The number of hydrogen-bond donors (Lipinski definition) is 0. The highest BCUT2D eigenvalue weighted by molar-refractivity contribution is 5.68. The lowest BCUT2D eigenvalue weighted by Gasteiger charge is -2.02. The number of allylic oxidation sites excluding steroid dienone is 1. The summed E-state index contributed by atoms with van der Waals surface area (Å²) in [6.45, 7) is 2.02. The molecule has 0 aliphatic carbocycles. The van der Waals surface area contributed by atoms with E-state index in [4.69, 9.17) is 0 Å². The van der Waals surface area contributed by atoms with Gasteiger partial charge in [0.05, 0.1) is 7.11 Å². The molecule has 0 atom stereocenters. The number of halogens is 1. The summed E-state index contributed by atoms with van der Waals surface area (Å²) in [4.78, 5) is 10.9. The van der Waals surface area contributed by atoms with Gasteiger partial charge in [0.2, 0.25) is 0 Å². The molecule has 22 heavy (non-hydrogen) atoms. The van der Waals surface area contributed by atoms with E-state index in [9.17, 15) is 9.18 Å². The number of rotatable bonds is 10. The highest BCUT2D eigenvalue weighted by Crippen LogP contribution is 2.16. The van der Waals surface area contributed by atoms with Gasteiger partial charge >= 0.3 is 5.97 Å². The van der Waals surface area contributed by atoms with Crippen molar-refractivity contribution < 1.29 is 13.9 Å². The van der Waals surface area contributed by atoms with Gasteiger partial charge in [-0.25, -0.2) is 4.39 Å². The van der Waals surface area contributed by atoms with Crippen LogP contribution >= 0.6 is 0 Å². The standard InChI is InChI=1S/C19H27FO2/c1-16-11-13-17(14-12-16)15-18(20)9-7-5-3-4-6-8-10-19(21)22-2/h11-15H,3-10H2,1-2H3/b18-15+.